The van der Waals surface area contributed by atoms with Gasteiger partial charge in [0.2, 0.25) is 0 Å². The average Bonchev–Trinajstić information content (AvgIpc) is 2.97. The Morgan fingerprint density at radius 2 is 2.10 bits per heavy atom. The predicted octanol–water partition coefficient (Wildman–Crippen LogP) is 2.49. The fraction of sp³-hybridized carbons (Fsp3) is 0.133. The van der Waals surface area contributed by atoms with Crippen LogP contribution in [0.25, 0.3) is 22.5 Å². The average molecular weight is 299 g/mol. The maximum Gasteiger partial charge on any atom is 0.369 e. The van der Waals surface area contributed by atoms with E-state index < -0.39 is 5.69 Å². The summed E-state index contributed by atoms with van der Waals surface area (Å²) >= 11 is 6.32. The van der Waals surface area contributed by atoms with E-state index in [4.69, 9.17) is 11.6 Å². The van der Waals surface area contributed by atoms with E-state index >= 15 is 0 Å². The third kappa shape index (κ3) is 1.89. The first kappa shape index (κ1) is 12.3. The van der Waals surface area contributed by atoms with Crippen LogP contribution in [-0.4, -0.2) is 21.1 Å². The molecule has 3 aliphatic heterocycles. The van der Waals surface area contributed by atoms with Crippen LogP contribution in [0.3, 0.4) is 0 Å². The van der Waals surface area contributed by atoms with Gasteiger partial charge in [-0.15, -0.1) is 0 Å². The Morgan fingerprint density at radius 1 is 1.24 bits per heavy atom. The standard InChI is InChI=1S/C15H11ClN4O/c16-12-4-2-1-3-10(12)11-7-9-8-18-15(21)19-13(9)20-6-5-17-14(11)20/h1-4,7-8,17H,5-6H2. The summed E-state index contributed by atoms with van der Waals surface area (Å²) in [6.07, 6.45) is 1.57. The van der Waals surface area contributed by atoms with Crippen molar-refractivity contribution in [2.24, 2.45) is 0 Å². The number of nitrogens with one attached hydrogen (secondary N) is 1. The highest BCUT2D eigenvalue weighted by atomic mass is 35.5. The largest absolute Gasteiger partial charge is 0.369 e. The van der Waals surface area contributed by atoms with E-state index in [1.54, 1.807) is 6.20 Å². The maximum absolute atomic E-state index is 11.4. The molecule has 6 heteroatoms. The van der Waals surface area contributed by atoms with E-state index in [0.717, 1.165) is 35.6 Å². The normalized spacial score (nSPS) is 13.2. The van der Waals surface area contributed by atoms with Gasteiger partial charge in [-0.2, -0.15) is 9.97 Å². The van der Waals surface area contributed by atoms with Crippen LogP contribution in [0.5, 0.6) is 0 Å². The van der Waals surface area contributed by atoms with E-state index in [9.17, 15) is 4.79 Å². The summed E-state index contributed by atoms with van der Waals surface area (Å²) in [4.78, 5) is 19.2. The van der Waals surface area contributed by atoms with Crippen LogP contribution in [0.15, 0.2) is 41.3 Å². The maximum atomic E-state index is 11.4. The van der Waals surface area contributed by atoms with Crippen molar-refractivity contribution < 1.29 is 0 Å². The van der Waals surface area contributed by atoms with E-state index in [0.29, 0.717) is 10.8 Å². The number of halogens is 1. The quantitative estimate of drug-likeness (QED) is 0.750. The summed E-state index contributed by atoms with van der Waals surface area (Å²) in [5, 5.41) is 4.04. The van der Waals surface area contributed by atoms with Gasteiger partial charge in [0.25, 0.3) is 0 Å². The number of nitrogens with zero attached hydrogens (tertiary/aromatic N) is 3. The zero-order valence-electron chi connectivity index (χ0n) is 11.0. The van der Waals surface area contributed by atoms with Gasteiger partial charge in [-0.25, -0.2) is 4.79 Å². The lowest BCUT2D eigenvalue weighted by molar-refractivity contribution is 0.783. The number of aromatic nitrogens is 3. The van der Waals surface area contributed by atoms with Crippen LogP contribution in [-0.2, 0) is 6.54 Å². The molecule has 104 valence electrons. The number of anilines is 1. The summed E-state index contributed by atoms with van der Waals surface area (Å²) in [5.74, 6) is 1.60. The molecule has 0 spiro atoms. The topological polar surface area (TPSA) is 59.8 Å². The van der Waals surface area contributed by atoms with Crippen LogP contribution in [0, 0.1) is 0 Å². The Morgan fingerprint density at radius 3 is 2.95 bits per heavy atom. The Kier molecular flexibility index (Phi) is 2.68. The van der Waals surface area contributed by atoms with Crippen molar-refractivity contribution in [2.45, 2.75) is 6.54 Å². The van der Waals surface area contributed by atoms with Crippen LogP contribution in [0.4, 0.5) is 5.82 Å². The number of rotatable bonds is 1. The lowest BCUT2D eigenvalue weighted by atomic mass is 10.0. The molecule has 0 saturated heterocycles. The number of benzene rings is 1. The van der Waals surface area contributed by atoms with Crippen LogP contribution in [0.2, 0.25) is 5.02 Å². The molecular formula is C15H11ClN4O. The minimum Gasteiger partial charge on any atom is -0.369 e. The van der Waals surface area contributed by atoms with E-state index in [-0.39, 0.29) is 0 Å². The Balaban J connectivity index is 2.08. The first-order chi connectivity index (χ1) is 10.2. The second kappa shape index (κ2) is 4.56. The van der Waals surface area contributed by atoms with Crippen LogP contribution >= 0.6 is 11.6 Å². The number of pyridine rings is 1. The molecule has 0 aromatic heterocycles. The van der Waals surface area contributed by atoms with Crippen molar-refractivity contribution in [2.75, 3.05) is 11.9 Å². The minimum atomic E-state index is -0.463. The zero-order valence-corrected chi connectivity index (χ0v) is 11.8. The smallest absolute Gasteiger partial charge is 0.369 e. The third-order valence-electron chi connectivity index (χ3n) is 3.65. The number of fused-ring (bicyclic) bond motifs is 3. The fourth-order valence-electron chi connectivity index (χ4n) is 2.74. The molecule has 0 aliphatic carbocycles. The van der Waals surface area contributed by atoms with Crippen LogP contribution in [0.1, 0.15) is 0 Å². The SMILES string of the molecule is O=c1ncc2cc(-c3ccccc3Cl)c3n(c-2n1)CCN3. The highest BCUT2D eigenvalue weighted by molar-refractivity contribution is 6.33. The third-order valence-corrected chi connectivity index (χ3v) is 3.98. The van der Waals surface area contributed by atoms with Crippen molar-refractivity contribution >= 4 is 17.4 Å². The van der Waals surface area contributed by atoms with Gasteiger partial charge >= 0.3 is 5.69 Å². The molecule has 0 radical (unpaired) electrons. The van der Waals surface area contributed by atoms with Gasteiger partial charge in [0.05, 0.1) is 0 Å². The van der Waals surface area contributed by atoms with Crippen molar-refractivity contribution in [3.05, 3.63) is 52.0 Å². The molecule has 1 aromatic rings. The summed E-state index contributed by atoms with van der Waals surface area (Å²) in [6.45, 7) is 1.56. The van der Waals surface area contributed by atoms with E-state index in [1.165, 1.54) is 0 Å². The fourth-order valence-corrected chi connectivity index (χ4v) is 2.98. The molecule has 3 aliphatic rings. The number of hydrogen-bond donors (Lipinski definition) is 1. The molecule has 0 fully saturated rings. The minimum absolute atomic E-state index is 0.463. The number of hydrogen-bond acceptors (Lipinski definition) is 4. The lowest BCUT2D eigenvalue weighted by Crippen LogP contribution is -2.15. The van der Waals surface area contributed by atoms with Gasteiger partial charge < -0.3 is 9.88 Å². The highest BCUT2D eigenvalue weighted by Crippen LogP contribution is 2.39. The lowest BCUT2D eigenvalue weighted by Gasteiger charge is -2.17. The molecule has 4 rings (SSSR count). The molecule has 0 atom stereocenters. The molecule has 21 heavy (non-hydrogen) atoms. The van der Waals surface area contributed by atoms with Crippen molar-refractivity contribution in [3.8, 4) is 22.5 Å². The molecule has 0 saturated carbocycles. The first-order valence-corrected chi connectivity index (χ1v) is 7.01. The van der Waals surface area contributed by atoms with Crippen molar-refractivity contribution in [3.63, 3.8) is 0 Å². The highest BCUT2D eigenvalue weighted by Gasteiger charge is 2.22. The molecule has 0 amide bonds. The van der Waals surface area contributed by atoms with Gasteiger partial charge in [-0.05, 0) is 12.1 Å². The molecule has 5 nitrogen and oxygen atoms in total. The summed E-state index contributed by atoms with van der Waals surface area (Å²) in [7, 11) is 0. The van der Waals surface area contributed by atoms with Gasteiger partial charge in [0.1, 0.15) is 11.6 Å². The van der Waals surface area contributed by atoms with E-state index in [2.05, 4.69) is 15.3 Å². The van der Waals surface area contributed by atoms with Gasteiger partial charge in [0.15, 0.2) is 0 Å². The molecule has 1 aromatic carbocycles. The van der Waals surface area contributed by atoms with Gasteiger partial charge in [0, 0.05) is 41.0 Å². The van der Waals surface area contributed by atoms with Gasteiger partial charge in [-0.1, -0.05) is 29.8 Å². The second-order valence-electron chi connectivity index (χ2n) is 4.90. The summed E-state index contributed by atoms with van der Waals surface area (Å²) in [6, 6.07) is 9.67. The Labute approximate surface area is 125 Å². The predicted molar refractivity (Wildman–Crippen MR) is 81.8 cm³/mol. The molecule has 0 bridgehead atoms. The molecule has 0 unspecified atom stereocenters. The molecule has 3 heterocycles. The monoisotopic (exact) mass is 298 g/mol. The summed E-state index contributed by atoms with van der Waals surface area (Å²) in [5.41, 5.74) is 2.31. The van der Waals surface area contributed by atoms with Crippen LogP contribution < -0.4 is 11.0 Å². The molecular weight excluding hydrogens is 288 g/mol. The Hall–Kier alpha value is -2.40. The van der Waals surface area contributed by atoms with E-state index in [1.807, 2.05) is 34.9 Å². The van der Waals surface area contributed by atoms with Gasteiger partial charge in [-0.3, -0.25) is 0 Å². The molecule has 1 N–H and O–H groups in total. The summed E-state index contributed by atoms with van der Waals surface area (Å²) < 4.78 is 2.01. The van der Waals surface area contributed by atoms with Crippen molar-refractivity contribution in [1.29, 1.82) is 0 Å². The second-order valence-corrected chi connectivity index (χ2v) is 5.30. The Bertz CT molecular complexity index is 874. The zero-order chi connectivity index (χ0) is 14.4. The van der Waals surface area contributed by atoms with Crippen molar-refractivity contribution in [1.82, 2.24) is 14.5 Å². The first-order valence-electron chi connectivity index (χ1n) is 6.63.